The van der Waals surface area contributed by atoms with E-state index in [2.05, 4.69) is 50.3 Å². The Morgan fingerprint density at radius 2 is 0.656 bits per heavy atom. The first-order valence-electron chi connectivity index (χ1n) is 25.1. The normalized spacial score (nSPS) is 16.5. The molecule has 7 rings (SSSR count). The number of fused-ring (bicyclic) bond motifs is 4. The minimum absolute atomic E-state index is 0.189. The Kier molecular flexibility index (Phi) is 17.9. The average Bonchev–Trinajstić information content (AvgIpc) is 4.15. The van der Waals surface area contributed by atoms with Crippen molar-refractivity contribution in [2.75, 3.05) is 0 Å². The first kappa shape index (κ1) is 46.6. The Labute approximate surface area is 384 Å². The van der Waals surface area contributed by atoms with Gasteiger partial charge in [0, 0.05) is 22.3 Å². The van der Waals surface area contributed by atoms with Crippen molar-refractivity contribution in [3.63, 3.8) is 0 Å². The number of hydrogen-bond acceptors (Lipinski definition) is 6. The van der Waals surface area contributed by atoms with Crippen LogP contribution in [0.5, 0.6) is 11.5 Å². The number of benzene rings is 2. The zero-order chi connectivity index (χ0) is 44.4. The van der Waals surface area contributed by atoms with Gasteiger partial charge < -0.3 is 10.2 Å². The Morgan fingerprint density at radius 3 is 1.05 bits per heavy atom. The third-order valence-corrected chi connectivity index (χ3v) is 13.2. The largest absolute Gasteiger partial charge is 0.508 e. The highest BCUT2D eigenvalue weighted by Crippen LogP contribution is 2.38. The quantitative estimate of drug-likeness (QED) is 0.0923. The van der Waals surface area contributed by atoms with E-state index in [9.17, 15) is 10.2 Å². The fourth-order valence-electron chi connectivity index (χ4n) is 9.56. The second-order valence-corrected chi connectivity index (χ2v) is 18.2. The van der Waals surface area contributed by atoms with E-state index in [1.807, 2.05) is 36.4 Å². The molecule has 2 aromatic rings. The molecule has 2 N–H and O–H groups in total. The van der Waals surface area contributed by atoms with Crippen LogP contribution in [0.25, 0.3) is 11.1 Å². The summed E-state index contributed by atoms with van der Waals surface area (Å²) < 4.78 is 0. The predicted molar refractivity (Wildman–Crippen MR) is 273 cm³/mol. The number of unbranched alkanes of at least 4 members (excludes halogenated alkanes) is 20. The van der Waals surface area contributed by atoms with E-state index in [-0.39, 0.29) is 11.5 Å². The van der Waals surface area contributed by atoms with E-state index < -0.39 is 0 Å². The van der Waals surface area contributed by atoms with Crippen LogP contribution in [0.2, 0.25) is 0 Å². The minimum atomic E-state index is 0.189. The van der Waals surface area contributed by atoms with Crippen molar-refractivity contribution in [2.45, 2.75) is 168 Å². The first-order valence-corrected chi connectivity index (χ1v) is 25.1. The van der Waals surface area contributed by atoms with Crippen LogP contribution in [0.4, 0.5) is 0 Å². The zero-order valence-corrected chi connectivity index (χ0v) is 38.9. The molecule has 6 nitrogen and oxygen atoms in total. The highest BCUT2D eigenvalue weighted by molar-refractivity contribution is 6.36. The first-order chi connectivity index (χ1) is 31.5. The number of rotatable bonds is 26. The lowest BCUT2D eigenvalue weighted by Gasteiger charge is -2.13. The van der Waals surface area contributed by atoms with Gasteiger partial charge in [-0.05, 0) is 110 Å². The van der Waals surface area contributed by atoms with Gasteiger partial charge in [0.05, 0.1) is 45.6 Å². The smallest absolute Gasteiger partial charge is 0.116 e. The van der Waals surface area contributed by atoms with Crippen molar-refractivity contribution in [1.82, 2.24) is 0 Å². The molecule has 0 aliphatic carbocycles. The van der Waals surface area contributed by atoms with Crippen molar-refractivity contribution in [1.29, 1.82) is 0 Å². The maximum absolute atomic E-state index is 10.7. The summed E-state index contributed by atoms with van der Waals surface area (Å²) in [6.07, 6.45) is 47.4. The maximum atomic E-state index is 10.7. The van der Waals surface area contributed by atoms with Crippen LogP contribution in [0.15, 0.2) is 151 Å². The molecule has 0 saturated heterocycles. The third kappa shape index (κ3) is 12.9. The fraction of sp³-hybridized carbons (Fsp3) is 0.448. The summed E-state index contributed by atoms with van der Waals surface area (Å²) in [5, 5.41) is 21.4. The Bertz CT molecular complexity index is 2270. The number of aromatic hydroxyl groups is 2. The van der Waals surface area contributed by atoms with Crippen LogP contribution < -0.4 is 0 Å². The molecule has 5 heterocycles. The number of phenols is 2. The van der Waals surface area contributed by atoms with Crippen molar-refractivity contribution in [3.05, 3.63) is 142 Å². The van der Waals surface area contributed by atoms with Crippen molar-refractivity contribution < 1.29 is 10.2 Å². The number of phenolic OH excluding ortho intramolecular Hbond substituents is 2. The second-order valence-electron chi connectivity index (χ2n) is 18.2. The molecule has 64 heavy (non-hydrogen) atoms. The fourth-order valence-corrected chi connectivity index (χ4v) is 9.56. The number of nitrogens with zero attached hydrogens (tertiary/aromatic N) is 4. The van der Waals surface area contributed by atoms with Gasteiger partial charge in [0.25, 0.3) is 0 Å². The topological polar surface area (TPSA) is 89.9 Å². The van der Waals surface area contributed by atoms with Gasteiger partial charge >= 0.3 is 0 Å². The predicted octanol–water partition coefficient (Wildman–Crippen LogP) is 16.2. The highest BCUT2D eigenvalue weighted by Gasteiger charge is 2.27. The van der Waals surface area contributed by atoms with Crippen molar-refractivity contribution in [3.8, 4) is 11.5 Å². The molecule has 0 unspecified atom stereocenters. The summed E-state index contributed by atoms with van der Waals surface area (Å²) in [5.74, 6) is 0.377. The van der Waals surface area contributed by atoms with Gasteiger partial charge in [-0.3, -0.25) is 0 Å². The molecular formula is C58H72N4O2. The van der Waals surface area contributed by atoms with Gasteiger partial charge in [0.1, 0.15) is 11.5 Å². The van der Waals surface area contributed by atoms with E-state index in [1.54, 1.807) is 24.3 Å². The average molecular weight is 857 g/mol. The van der Waals surface area contributed by atoms with E-state index >= 15 is 0 Å². The second kappa shape index (κ2) is 24.6. The van der Waals surface area contributed by atoms with Gasteiger partial charge in [-0.2, -0.15) is 0 Å². The molecule has 5 aliphatic heterocycles. The zero-order valence-electron chi connectivity index (χ0n) is 38.9. The summed E-state index contributed by atoms with van der Waals surface area (Å²) in [6, 6.07) is 14.7. The van der Waals surface area contributed by atoms with E-state index in [4.69, 9.17) is 20.0 Å². The summed E-state index contributed by atoms with van der Waals surface area (Å²) in [4.78, 5) is 21.5. The molecule has 336 valence electrons. The summed E-state index contributed by atoms with van der Waals surface area (Å²) in [6.45, 7) is 4.57. The van der Waals surface area contributed by atoms with Crippen LogP contribution in [0.3, 0.4) is 0 Å². The summed E-state index contributed by atoms with van der Waals surface area (Å²) in [5.41, 5.74) is 12.7. The van der Waals surface area contributed by atoms with Crippen LogP contribution in [-0.2, 0) is 0 Å². The number of aliphatic imine (C=N–C) groups is 4. The Hall–Kier alpha value is -5.36. The van der Waals surface area contributed by atoms with Crippen LogP contribution in [-0.4, -0.2) is 33.1 Å². The molecule has 0 saturated carbocycles. The molecule has 2 aromatic carbocycles. The number of hydrogen-bond donors (Lipinski definition) is 2. The lowest BCUT2D eigenvalue weighted by molar-refractivity contribution is 0.474. The van der Waals surface area contributed by atoms with Gasteiger partial charge in [0.15, 0.2) is 0 Å². The highest BCUT2D eigenvalue weighted by atomic mass is 16.3. The SMILES string of the molecule is CCCCCCCCCCCCCC1=C2C=CC(=N2)C(CCCCCCCCCCCCC)=C2C=CC(=N2)C(c2cccc(O)c2)=C2C=CC(=N2)C(c2cccc(O)c2)=C2C=CC1=N2. The summed E-state index contributed by atoms with van der Waals surface area (Å²) in [7, 11) is 0. The van der Waals surface area contributed by atoms with Crippen LogP contribution in [0, 0.1) is 0 Å². The molecular weight excluding hydrogens is 785 g/mol. The maximum Gasteiger partial charge on any atom is 0.116 e. The molecule has 0 atom stereocenters. The Balaban J connectivity index is 1.21. The van der Waals surface area contributed by atoms with Crippen molar-refractivity contribution in [2.24, 2.45) is 20.0 Å². The van der Waals surface area contributed by atoms with Gasteiger partial charge in [-0.25, -0.2) is 20.0 Å². The van der Waals surface area contributed by atoms with Gasteiger partial charge in [-0.1, -0.05) is 167 Å². The lowest BCUT2D eigenvalue weighted by atomic mass is 9.98. The standard InChI is InChI=1S/C58H72N4O2/c1-3-5-7-9-11-13-15-17-19-21-23-31-47-49-33-34-50(59-49)48(32-24-22-20-18-16-14-12-10-8-6-4-2)52-36-38-54(61-52)58(44-28-26-30-46(64)42-44)56-40-39-55(62-56)57(53-37-35-51(47)60-53)43-27-25-29-45(63)41-43/h25-30,33-42,63-64H,3-24,31-32H2,1-2H3. The van der Waals surface area contributed by atoms with E-state index in [0.29, 0.717) is 0 Å². The molecule has 6 heteroatoms. The van der Waals surface area contributed by atoms with Gasteiger partial charge in [0.2, 0.25) is 0 Å². The number of allylic oxidation sites excluding steroid dienone is 12. The van der Waals surface area contributed by atoms with Crippen molar-refractivity contribution >= 4 is 34.0 Å². The lowest BCUT2D eigenvalue weighted by Crippen LogP contribution is -2.04. The molecule has 0 amide bonds. The molecule has 0 spiro atoms. The van der Waals surface area contributed by atoms with E-state index in [1.165, 1.54) is 140 Å². The third-order valence-electron chi connectivity index (χ3n) is 13.2. The molecule has 5 aliphatic rings. The summed E-state index contributed by atoms with van der Waals surface area (Å²) >= 11 is 0. The Morgan fingerprint density at radius 1 is 0.344 bits per heavy atom. The van der Waals surface area contributed by atoms with Gasteiger partial charge in [-0.15, -0.1) is 0 Å². The van der Waals surface area contributed by atoms with Crippen LogP contribution >= 0.6 is 0 Å². The molecule has 0 aromatic heterocycles. The molecule has 8 bridgehead atoms. The molecule has 0 radical (unpaired) electrons. The minimum Gasteiger partial charge on any atom is -0.508 e. The monoisotopic (exact) mass is 857 g/mol. The van der Waals surface area contributed by atoms with E-state index in [0.717, 1.165) is 93.6 Å². The molecule has 0 fully saturated rings. The van der Waals surface area contributed by atoms with Crippen LogP contribution in [0.1, 0.15) is 179 Å².